The van der Waals surface area contributed by atoms with Crippen LogP contribution in [0, 0.1) is 0 Å². The van der Waals surface area contributed by atoms with Crippen molar-refractivity contribution in [2.45, 2.75) is 0 Å². The van der Waals surface area contributed by atoms with Gasteiger partial charge in [0.2, 0.25) is 0 Å². The topological polar surface area (TPSA) is 108 Å². The standard InChI is InChI=1S/C10H9NO4S.C9H5Cl2NO2S/c1-14-6-4-7-5(11-9(6)15-2)3-8(16-7)10(12)13;1-14-5-3-6-4(12-8(5)10)2-7(15-6)9(11)13/h3-4H,1-2H3,(H,12,13);2-3H,1H3. The van der Waals surface area contributed by atoms with Crippen molar-refractivity contribution in [1.29, 1.82) is 0 Å². The van der Waals surface area contributed by atoms with Gasteiger partial charge in [-0.25, -0.2) is 14.8 Å². The number of ether oxygens (including phenoxy) is 3. The summed E-state index contributed by atoms with van der Waals surface area (Å²) in [4.78, 5) is 30.7. The van der Waals surface area contributed by atoms with Crippen molar-refractivity contribution in [2.24, 2.45) is 0 Å². The number of hydrogen-bond donors (Lipinski definition) is 1. The normalized spacial score (nSPS) is 10.5. The fraction of sp³-hybridized carbons (Fsp3) is 0.158. The van der Waals surface area contributed by atoms with Gasteiger partial charge in [0.1, 0.15) is 4.88 Å². The highest BCUT2D eigenvalue weighted by atomic mass is 35.5. The van der Waals surface area contributed by atoms with E-state index >= 15 is 0 Å². The largest absolute Gasteiger partial charge is 0.493 e. The van der Waals surface area contributed by atoms with Gasteiger partial charge in [0.15, 0.2) is 16.7 Å². The highest BCUT2D eigenvalue weighted by molar-refractivity contribution is 7.22. The van der Waals surface area contributed by atoms with Crippen LogP contribution >= 0.6 is 45.9 Å². The number of aromatic nitrogens is 2. The second-order valence-corrected chi connectivity index (χ2v) is 8.62. The lowest BCUT2D eigenvalue weighted by Gasteiger charge is -2.05. The molecule has 0 radical (unpaired) electrons. The number of carboxylic acid groups (broad SMARTS) is 1. The van der Waals surface area contributed by atoms with Crippen LogP contribution in [0.15, 0.2) is 24.3 Å². The summed E-state index contributed by atoms with van der Waals surface area (Å²) in [5.41, 5.74) is 1.25. The highest BCUT2D eigenvalue weighted by Crippen LogP contribution is 2.34. The van der Waals surface area contributed by atoms with E-state index in [-0.39, 0.29) is 10.0 Å². The number of halogens is 2. The van der Waals surface area contributed by atoms with Gasteiger partial charge < -0.3 is 19.3 Å². The number of methoxy groups -OCH3 is 3. The van der Waals surface area contributed by atoms with Crippen LogP contribution in [0.25, 0.3) is 20.4 Å². The van der Waals surface area contributed by atoms with Crippen LogP contribution in [-0.2, 0) is 0 Å². The van der Waals surface area contributed by atoms with Crippen molar-refractivity contribution in [1.82, 2.24) is 9.97 Å². The van der Waals surface area contributed by atoms with E-state index < -0.39 is 11.2 Å². The number of fused-ring (bicyclic) bond motifs is 2. The third-order valence-electron chi connectivity index (χ3n) is 3.90. The minimum atomic E-state index is -0.957. The Hall–Kier alpha value is -2.66. The number of thiophene rings is 2. The Morgan fingerprint density at radius 2 is 1.42 bits per heavy atom. The Labute approximate surface area is 193 Å². The van der Waals surface area contributed by atoms with E-state index in [0.29, 0.717) is 33.3 Å². The van der Waals surface area contributed by atoms with E-state index in [2.05, 4.69) is 9.97 Å². The van der Waals surface area contributed by atoms with Crippen molar-refractivity contribution in [2.75, 3.05) is 21.3 Å². The van der Waals surface area contributed by atoms with Crippen LogP contribution < -0.4 is 14.2 Å². The summed E-state index contributed by atoms with van der Waals surface area (Å²) in [6, 6.07) is 6.59. The third kappa shape index (κ3) is 4.99. The third-order valence-corrected chi connectivity index (χ3v) is 6.61. The maximum absolute atomic E-state index is 10.9. The number of carbonyl (C=O) groups excluding carboxylic acids is 1. The van der Waals surface area contributed by atoms with Gasteiger partial charge in [-0.3, -0.25) is 4.79 Å². The summed E-state index contributed by atoms with van der Waals surface area (Å²) < 4.78 is 16.7. The smallest absolute Gasteiger partial charge is 0.345 e. The zero-order valence-corrected chi connectivity index (χ0v) is 19.4. The fourth-order valence-corrected chi connectivity index (χ4v) is 4.62. The molecule has 0 aliphatic heterocycles. The first-order valence-electron chi connectivity index (χ1n) is 8.37. The average molecular weight is 501 g/mol. The summed E-state index contributed by atoms with van der Waals surface area (Å²) in [7, 11) is 4.51. The molecule has 162 valence electrons. The molecule has 4 aromatic rings. The van der Waals surface area contributed by atoms with Gasteiger partial charge in [-0.1, -0.05) is 11.6 Å². The monoisotopic (exact) mass is 500 g/mol. The Balaban J connectivity index is 0.000000176. The first-order valence-corrected chi connectivity index (χ1v) is 10.8. The number of hydrogen-bond acceptors (Lipinski definition) is 9. The molecule has 1 N–H and O–H groups in total. The molecule has 0 aromatic carbocycles. The average Bonchev–Trinajstić information content (AvgIpc) is 3.35. The number of nitrogens with zero attached hydrogens (tertiary/aromatic N) is 2. The van der Waals surface area contributed by atoms with Crippen molar-refractivity contribution >= 4 is 77.5 Å². The lowest BCUT2D eigenvalue weighted by molar-refractivity contribution is 0.0702. The van der Waals surface area contributed by atoms with Gasteiger partial charge in [-0.15, -0.1) is 22.7 Å². The molecule has 0 atom stereocenters. The van der Waals surface area contributed by atoms with Crippen molar-refractivity contribution < 1.29 is 28.9 Å². The minimum Gasteiger partial charge on any atom is -0.493 e. The van der Waals surface area contributed by atoms with Gasteiger partial charge in [0.25, 0.3) is 11.1 Å². The van der Waals surface area contributed by atoms with Crippen LogP contribution in [-0.4, -0.2) is 47.6 Å². The molecule has 0 bridgehead atoms. The Bertz CT molecular complexity index is 1250. The van der Waals surface area contributed by atoms with Crippen molar-refractivity contribution in [3.63, 3.8) is 0 Å². The summed E-state index contributed by atoms with van der Waals surface area (Å²) in [6.07, 6.45) is 0. The van der Waals surface area contributed by atoms with Gasteiger partial charge in [-0.2, -0.15) is 0 Å². The maximum atomic E-state index is 10.9. The number of pyridine rings is 2. The maximum Gasteiger partial charge on any atom is 0.345 e. The zero-order chi connectivity index (χ0) is 22.7. The molecule has 0 aliphatic carbocycles. The van der Waals surface area contributed by atoms with Gasteiger partial charge in [-0.05, 0) is 23.7 Å². The molecule has 0 amide bonds. The SMILES string of the molecule is COc1cc2sc(C(=O)Cl)cc2nc1Cl.COc1cc2sc(C(=O)O)cc2nc1OC. The van der Waals surface area contributed by atoms with Gasteiger partial charge >= 0.3 is 5.97 Å². The first-order chi connectivity index (χ1) is 14.8. The minimum absolute atomic E-state index is 0.248. The lowest BCUT2D eigenvalue weighted by atomic mass is 10.3. The molecule has 4 rings (SSSR count). The summed E-state index contributed by atoms with van der Waals surface area (Å²) in [6.45, 7) is 0. The first kappa shape index (κ1) is 23.0. The van der Waals surface area contributed by atoms with Crippen molar-refractivity contribution in [3.05, 3.63) is 39.2 Å². The Morgan fingerprint density at radius 1 is 0.871 bits per heavy atom. The zero-order valence-electron chi connectivity index (χ0n) is 16.3. The van der Waals surface area contributed by atoms with Crippen molar-refractivity contribution in [3.8, 4) is 17.4 Å². The molecule has 8 nitrogen and oxygen atoms in total. The van der Waals surface area contributed by atoms with E-state index in [4.69, 9.17) is 42.5 Å². The molecule has 4 heterocycles. The number of rotatable bonds is 5. The fourth-order valence-electron chi connectivity index (χ4n) is 2.50. The van der Waals surface area contributed by atoms with Gasteiger partial charge in [0, 0.05) is 12.1 Å². The van der Waals surface area contributed by atoms with E-state index in [1.54, 1.807) is 18.2 Å². The summed E-state index contributed by atoms with van der Waals surface area (Å²) >= 11 is 13.6. The van der Waals surface area contributed by atoms with Crippen LogP contribution in [0.4, 0.5) is 0 Å². The van der Waals surface area contributed by atoms with Gasteiger partial charge in [0.05, 0.1) is 46.6 Å². The Morgan fingerprint density at radius 3 is 1.97 bits per heavy atom. The molecule has 4 aromatic heterocycles. The molecule has 0 saturated carbocycles. The lowest BCUT2D eigenvalue weighted by Crippen LogP contribution is -1.92. The molecule has 0 fully saturated rings. The van der Waals surface area contributed by atoms with Crippen LogP contribution in [0.5, 0.6) is 17.4 Å². The second kappa shape index (κ2) is 9.65. The van der Waals surface area contributed by atoms with E-state index in [0.717, 1.165) is 20.7 Å². The van der Waals surface area contributed by atoms with Crippen LogP contribution in [0.3, 0.4) is 0 Å². The summed E-state index contributed by atoms with van der Waals surface area (Å²) in [5, 5.41) is 8.64. The molecular weight excluding hydrogens is 487 g/mol. The van der Waals surface area contributed by atoms with E-state index in [1.165, 1.54) is 38.7 Å². The summed E-state index contributed by atoms with van der Waals surface area (Å²) in [5.74, 6) is 0.374. The predicted molar refractivity (Wildman–Crippen MR) is 121 cm³/mol. The second-order valence-electron chi connectivity index (χ2n) is 5.75. The highest BCUT2D eigenvalue weighted by Gasteiger charge is 2.14. The predicted octanol–water partition coefficient (Wildman–Crippen LogP) is 5.35. The van der Waals surface area contributed by atoms with E-state index in [9.17, 15) is 9.59 Å². The molecule has 0 unspecified atom stereocenters. The molecular formula is C19H14Cl2N2O6S2. The molecule has 0 spiro atoms. The molecule has 0 saturated heterocycles. The molecule has 0 aliphatic rings. The van der Waals surface area contributed by atoms with E-state index in [1.807, 2.05) is 0 Å². The van der Waals surface area contributed by atoms with Crippen LogP contribution in [0.1, 0.15) is 19.3 Å². The molecule has 12 heteroatoms. The number of aromatic carboxylic acids is 1. The number of carbonyl (C=O) groups is 2. The molecule has 31 heavy (non-hydrogen) atoms. The van der Waals surface area contributed by atoms with Crippen LogP contribution in [0.2, 0.25) is 5.15 Å². The number of carboxylic acids is 1. The quantitative estimate of drug-likeness (QED) is 0.288. The Kier molecular flexibility index (Phi) is 7.16.